The molecule has 0 amide bonds. The number of hydrogen-bond acceptors (Lipinski definition) is 3. The Morgan fingerprint density at radius 1 is 1.40 bits per heavy atom. The summed E-state index contributed by atoms with van der Waals surface area (Å²) in [5.41, 5.74) is 7.55. The summed E-state index contributed by atoms with van der Waals surface area (Å²) in [5.74, 6) is 0.668. The molecule has 0 atom stereocenters. The Morgan fingerprint density at radius 3 is 2.87 bits per heavy atom. The minimum absolute atomic E-state index is 0.616. The molecule has 4 heteroatoms. The predicted molar refractivity (Wildman–Crippen MR) is 61.0 cm³/mol. The zero-order chi connectivity index (χ0) is 10.8. The smallest absolute Gasteiger partial charge is 0.240 e. The van der Waals surface area contributed by atoms with Gasteiger partial charge in [-0.1, -0.05) is 0 Å². The zero-order valence-corrected chi connectivity index (χ0v) is 9.03. The van der Waals surface area contributed by atoms with Gasteiger partial charge in [-0.15, -0.1) is 5.10 Å². The predicted octanol–water partition coefficient (Wildman–Crippen LogP) is 2.04. The van der Waals surface area contributed by atoms with E-state index in [4.69, 9.17) is 10.5 Å². The maximum Gasteiger partial charge on any atom is 0.240 e. The molecule has 0 radical (unpaired) electrons. The van der Waals surface area contributed by atoms with Crippen LogP contribution in [-0.4, -0.2) is 16.4 Å². The minimum atomic E-state index is 0.616. The second-order valence-corrected chi connectivity index (χ2v) is 3.33. The van der Waals surface area contributed by atoms with E-state index < -0.39 is 0 Å². The summed E-state index contributed by atoms with van der Waals surface area (Å²) in [6.45, 7) is 5.44. The number of benzene rings is 1. The summed E-state index contributed by atoms with van der Waals surface area (Å²) in [4.78, 5) is 0. The Balaban J connectivity index is 2.64. The van der Waals surface area contributed by atoms with Crippen molar-refractivity contribution in [2.24, 2.45) is 0 Å². The Labute approximate surface area is 88.6 Å². The van der Waals surface area contributed by atoms with E-state index in [1.165, 1.54) is 0 Å². The standard InChI is InChI=1S/C11H15N3O/c1-3-14-10-6-5-8(12)7-9(10)11(13-14)15-4-2/h5-7H,3-4,12H2,1-2H3. The summed E-state index contributed by atoms with van der Waals surface area (Å²) < 4.78 is 7.39. The van der Waals surface area contributed by atoms with E-state index in [1.54, 1.807) is 0 Å². The number of nitrogens with two attached hydrogens (primary N) is 1. The van der Waals surface area contributed by atoms with Crippen molar-refractivity contribution in [3.05, 3.63) is 18.2 Å². The second kappa shape index (κ2) is 3.81. The maximum absolute atomic E-state index is 5.75. The lowest BCUT2D eigenvalue weighted by atomic mass is 10.2. The van der Waals surface area contributed by atoms with Crippen LogP contribution in [-0.2, 0) is 6.54 Å². The van der Waals surface area contributed by atoms with Gasteiger partial charge in [0.05, 0.1) is 17.5 Å². The first-order chi connectivity index (χ1) is 7.26. The third-order valence-electron chi connectivity index (χ3n) is 2.32. The van der Waals surface area contributed by atoms with Crippen LogP contribution in [0.5, 0.6) is 5.88 Å². The molecule has 80 valence electrons. The number of ether oxygens (including phenoxy) is 1. The molecule has 2 N–H and O–H groups in total. The van der Waals surface area contributed by atoms with Crippen molar-refractivity contribution >= 4 is 16.6 Å². The molecule has 1 heterocycles. The lowest BCUT2D eigenvalue weighted by molar-refractivity contribution is 0.325. The van der Waals surface area contributed by atoms with Crippen LogP contribution < -0.4 is 10.5 Å². The fraction of sp³-hybridized carbons (Fsp3) is 0.364. The van der Waals surface area contributed by atoms with Crippen molar-refractivity contribution in [1.82, 2.24) is 9.78 Å². The van der Waals surface area contributed by atoms with Gasteiger partial charge in [0.15, 0.2) is 0 Å². The number of aryl methyl sites for hydroxylation is 1. The molecule has 0 fully saturated rings. The first-order valence-corrected chi connectivity index (χ1v) is 5.15. The Kier molecular flexibility index (Phi) is 2.49. The number of nitrogen functional groups attached to an aromatic ring is 1. The van der Waals surface area contributed by atoms with E-state index in [0.29, 0.717) is 12.5 Å². The third kappa shape index (κ3) is 1.63. The summed E-state index contributed by atoms with van der Waals surface area (Å²) in [5, 5.41) is 5.36. The van der Waals surface area contributed by atoms with Crippen LogP contribution in [0.3, 0.4) is 0 Å². The number of aromatic nitrogens is 2. The van der Waals surface area contributed by atoms with Crippen LogP contribution in [0.1, 0.15) is 13.8 Å². The van der Waals surface area contributed by atoms with Crippen LogP contribution in [0.2, 0.25) is 0 Å². The van der Waals surface area contributed by atoms with E-state index in [-0.39, 0.29) is 0 Å². The van der Waals surface area contributed by atoms with Crippen molar-refractivity contribution in [3.8, 4) is 5.88 Å². The van der Waals surface area contributed by atoms with E-state index >= 15 is 0 Å². The van der Waals surface area contributed by atoms with Crippen LogP contribution in [0.15, 0.2) is 18.2 Å². The highest BCUT2D eigenvalue weighted by atomic mass is 16.5. The van der Waals surface area contributed by atoms with Crippen LogP contribution >= 0.6 is 0 Å². The van der Waals surface area contributed by atoms with Gasteiger partial charge in [-0.25, -0.2) is 0 Å². The van der Waals surface area contributed by atoms with Crippen molar-refractivity contribution < 1.29 is 4.74 Å². The van der Waals surface area contributed by atoms with Crippen molar-refractivity contribution in [3.63, 3.8) is 0 Å². The highest BCUT2D eigenvalue weighted by molar-refractivity contribution is 5.87. The Morgan fingerprint density at radius 2 is 2.20 bits per heavy atom. The number of nitrogens with zero attached hydrogens (tertiary/aromatic N) is 2. The minimum Gasteiger partial charge on any atom is -0.476 e. The van der Waals surface area contributed by atoms with E-state index in [9.17, 15) is 0 Å². The van der Waals surface area contributed by atoms with Crippen LogP contribution in [0, 0.1) is 0 Å². The monoisotopic (exact) mass is 205 g/mol. The summed E-state index contributed by atoms with van der Waals surface area (Å²) in [6.07, 6.45) is 0. The first kappa shape index (κ1) is 9.83. The molecule has 0 aliphatic rings. The van der Waals surface area contributed by atoms with E-state index in [2.05, 4.69) is 12.0 Å². The summed E-state index contributed by atoms with van der Waals surface area (Å²) >= 11 is 0. The van der Waals surface area contributed by atoms with Gasteiger partial charge in [-0.2, -0.15) is 0 Å². The number of fused-ring (bicyclic) bond motifs is 1. The third-order valence-corrected chi connectivity index (χ3v) is 2.32. The summed E-state index contributed by atoms with van der Waals surface area (Å²) in [7, 11) is 0. The Bertz CT molecular complexity index is 476. The average molecular weight is 205 g/mol. The fourth-order valence-electron chi connectivity index (χ4n) is 1.65. The number of hydrogen-bond donors (Lipinski definition) is 1. The molecule has 4 nitrogen and oxygen atoms in total. The molecule has 0 bridgehead atoms. The molecule has 0 spiro atoms. The molecule has 0 aliphatic heterocycles. The van der Waals surface area contributed by atoms with Crippen molar-refractivity contribution in [2.75, 3.05) is 12.3 Å². The van der Waals surface area contributed by atoms with Crippen LogP contribution in [0.25, 0.3) is 10.9 Å². The molecular weight excluding hydrogens is 190 g/mol. The van der Waals surface area contributed by atoms with Gasteiger partial charge >= 0.3 is 0 Å². The lowest BCUT2D eigenvalue weighted by Crippen LogP contribution is -1.97. The maximum atomic E-state index is 5.75. The van der Waals surface area contributed by atoms with Crippen molar-refractivity contribution in [1.29, 1.82) is 0 Å². The molecular formula is C11H15N3O. The van der Waals surface area contributed by atoms with Crippen molar-refractivity contribution in [2.45, 2.75) is 20.4 Å². The molecule has 0 aliphatic carbocycles. The molecule has 1 aromatic carbocycles. The second-order valence-electron chi connectivity index (χ2n) is 3.33. The SMILES string of the molecule is CCOc1nn(CC)c2ccc(N)cc12. The van der Waals surface area contributed by atoms with Gasteiger partial charge in [-0.3, -0.25) is 4.68 Å². The molecule has 15 heavy (non-hydrogen) atoms. The normalized spacial score (nSPS) is 10.8. The van der Waals surface area contributed by atoms with Gasteiger partial charge in [0.25, 0.3) is 0 Å². The van der Waals surface area contributed by atoms with Gasteiger partial charge in [0, 0.05) is 12.2 Å². The summed E-state index contributed by atoms with van der Waals surface area (Å²) in [6, 6.07) is 5.76. The van der Waals surface area contributed by atoms with Gasteiger partial charge < -0.3 is 10.5 Å². The zero-order valence-electron chi connectivity index (χ0n) is 9.03. The molecule has 0 saturated heterocycles. The van der Waals surface area contributed by atoms with E-state index in [1.807, 2.05) is 29.8 Å². The number of rotatable bonds is 3. The highest BCUT2D eigenvalue weighted by Crippen LogP contribution is 2.26. The largest absolute Gasteiger partial charge is 0.476 e. The van der Waals surface area contributed by atoms with E-state index in [0.717, 1.165) is 23.1 Å². The fourth-order valence-corrected chi connectivity index (χ4v) is 1.65. The lowest BCUT2D eigenvalue weighted by Gasteiger charge is -1.98. The van der Waals surface area contributed by atoms with Gasteiger partial charge in [0.1, 0.15) is 0 Å². The molecule has 2 aromatic rings. The average Bonchev–Trinajstić information content (AvgIpc) is 2.57. The molecule has 0 saturated carbocycles. The number of anilines is 1. The Hall–Kier alpha value is -1.71. The molecule has 0 unspecified atom stereocenters. The topological polar surface area (TPSA) is 53.1 Å². The molecule has 1 aromatic heterocycles. The highest BCUT2D eigenvalue weighted by Gasteiger charge is 2.10. The molecule has 2 rings (SSSR count). The quantitative estimate of drug-likeness (QED) is 0.780. The van der Waals surface area contributed by atoms with Gasteiger partial charge in [-0.05, 0) is 32.0 Å². The van der Waals surface area contributed by atoms with Crippen LogP contribution in [0.4, 0.5) is 5.69 Å². The first-order valence-electron chi connectivity index (χ1n) is 5.15. The van der Waals surface area contributed by atoms with Gasteiger partial charge in [0.2, 0.25) is 5.88 Å².